The average Bonchev–Trinajstić information content (AvgIpc) is 2.36. The van der Waals surface area contributed by atoms with Crippen LogP contribution in [0.3, 0.4) is 0 Å². The lowest BCUT2D eigenvalue weighted by molar-refractivity contribution is 0.372. The van der Waals surface area contributed by atoms with Crippen LogP contribution in [0.2, 0.25) is 15.4 Å². The topological polar surface area (TPSA) is 20.2 Å². The highest BCUT2D eigenvalue weighted by Crippen LogP contribution is 2.65. The van der Waals surface area contributed by atoms with Gasteiger partial charge in [-0.25, -0.2) is 0 Å². The van der Waals surface area contributed by atoms with Gasteiger partial charge in [-0.15, -0.1) is 22.9 Å². The summed E-state index contributed by atoms with van der Waals surface area (Å²) in [4.78, 5) is 0. The second kappa shape index (κ2) is 6.71. The van der Waals surface area contributed by atoms with Crippen molar-refractivity contribution in [2.45, 2.75) is 54.0 Å². The minimum absolute atomic E-state index is 0.0202. The summed E-state index contributed by atoms with van der Waals surface area (Å²) in [5.74, 6) is 0.398. The van der Waals surface area contributed by atoms with Crippen LogP contribution < -0.4 is 0 Å². The number of hydrogen-bond donors (Lipinski definition) is 1. The molecule has 1 aromatic rings. The molecule has 0 unspecified atom stereocenters. The Kier molecular flexibility index (Phi) is 6.02. The molecule has 1 nitrogen and oxygen atoms in total. The van der Waals surface area contributed by atoms with E-state index in [2.05, 4.69) is 109 Å². The van der Waals surface area contributed by atoms with Crippen LogP contribution in [-0.2, 0) is 10.8 Å². The van der Waals surface area contributed by atoms with E-state index >= 15 is 0 Å². The summed E-state index contributed by atoms with van der Waals surface area (Å²) >= 11 is 0. The monoisotopic (exact) mass is 342 g/mol. The van der Waals surface area contributed by atoms with E-state index in [0.29, 0.717) is 5.75 Å². The highest BCUT2D eigenvalue weighted by atomic mass is 16.3. The first-order valence-electron chi connectivity index (χ1n) is 9.83. The molecule has 0 saturated heterocycles. The summed E-state index contributed by atoms with van der Waals surface area (Å²) in [6.07, 6.45) is 2.07. The van der Waals surface area contributed by atoms with E-state index in [-0.39, 0.29) is 26.3 Å². The molecule has 0 spiro atoms. The smallest absolute Gasteiger partial charge is 0.119 e. The van der Waals surface area contributed by atoms with Gasteiger partial charge in [-0.05, 0) is 40.5 Å². The molecule has 132 valence electrons. The second-order valence-corrected chi connectivity index (χ2v) is 11.6. The molecule has 0 amide bonds. The van der Waals surface area contributed by atoms with Gasteiger partial charge in [0.25, 0.3) is 0 Å². The average molecular weight is 341 g/mol. The molecule has 1 N–H and O–H groups in total. The Labute approximate surface area is 169 Å². The van der Waals surface area contributed by atoms with Gasteiger partial charge in [0.2, 0.25) is 0 Å². The van der Waals surface area contributed by atoms with E-state index in [1.807, 2.05) is 6.07 Å². The summed E-state index contributed by atoms with van der Waals surface area (Å²) in [7, 11) is 18.3. The Bertz CT molecular complexity index is 678. The first-order chi connectivity index (χ1) is 11.3. The fourth-order valence-electron chi connectivity index (χ4n) is 6.17. The third-order valence-corrected chi connectivity index (χ3v) is 6.28. The molecule has 9 heteroatoms. The zero-order valence-corrected chi connectivity index (χ0v) is 19.4. The standard InChI is InChI=1S/C17H34B8O/c1-6-14(18,19)15(16(20,21)22,17(23,24)25)11-8-10(13(3,4)5)9(2)7-12(11)26/h6-8,26H,1,18-25H2,2-5H3. The van der Waals surface area contributed by atoms with Crippen molar-refractivity contribution in [3.8, 4) is 5.75 Å². The van der Waals surface area contributed by atoms with Gasteiger partial charge in [0.15, 0.2) is 0 Å². The normalized spacial score (nSPS) is 14.2. The van der Waals surface area contributed by atoms with Crippen molar-refractivity contribution < 1.29 is 5.11 Å². The molecular weight excluding hydrogens is 307 g/mol. The van der Waals surface area contributed by atoms with Crippen LogP contribution in [0.4, 0.5) is 0 Å². The van der Waals surface area contributed by atoms with Gasteiger partial charge in [-0.3, -0.25) is 0 Å². The Balaban J connectivity index is 4.19. The summed E-state index contributed by atoms with van der Waals surface area (Å²) in [5, 5.41) is 10.8. The number of aromatic hydroxyl groups is 1. The molecule has 0 heterocycles. The molecule has 1 rings (SSSR count). The van der Waals surface area contributed by atoms with E-state index in [1.54, 1.807) is 0 Å². The first kappa shape index (κ1) is 23.3. The van der Waals surface area contributed by atoms with E-state index in [4.69, 9.17) is 0 Å². The van der Waals surface area contributed by atoms with Crippen LogP contribution in [-0.4, -0.2) is 67.9 Å². The third kappa shape index (κ3) is 3.52. The van der Waals surface area contributed by atoms with E-state index in [0.717, 1.165) is 11.1 Å². The highest BCUT2D eigenvalue weighted by Gasteiger charge is 2.58. The molecule has 0 saturated carbocycles. The largest absolute Gasteiger partial charge is 0.508 e. The predicted molar refractivity (Wildman–Crippen MR) is 140 cm³/mol. The lowest BCUT2D eigenvalue weighted by Crippen LogP contribution is -2.59. The Morgan fingerprint density at radius 2 is 1.27 bits per heavy atom. The minimum atomic E-state index is -0.313. The molecule has 0 bridgehead atoms. The second-order valence-electron chi connectivity index (χ2n) is 11.6. The van der Waals surface area contributed by atoms with Gasteiger partial charge in [0.05, 0.1) is 47.1 Å². The van der Waals surface area contributed by atoms with Gasteiger partial charge in [0.1, 0.15) is 21.4 Å². The van der Waals surface area contributed by atoms with Gasteiger partial charge in [-0.1, -0.05) is 32.1 Å². The van der Waals surface area contributed by atoms with E-state index < -0.39 is 0 Å². The van der Waals surface area contributed by atoms with Crippen LogP contribution in [0.1, 0.15) is 37.5 Å². The molecule has 0 radical (unpaired) electrons. The van der Waals surface area contributed by atoms with Crippen LogP contribution in [0.5, 0.6) is 5.75 Å². The SMILES string of the molecule is BC(B)(B)C(c1cc(C(C)(C)C)c(C)cc1O)(C(B)(B)B)C(B)(B)C=C. The number of rotatable bonds is 5. The number of hydrogen-bond acceptors (Lipinski definition) is 1. The molecule has 0 atom stereocenters. The lowest BCUT2D eigenvalue weighted by atomic mass is 9.11. The van der Waals surface area contributed by atoms with Crippen LogP contribution in [0.25, 0.3) is 0 Å². The maximum absolute atomic E-state index is 11.2. The summed E-state index contributed by atoms with van der Waals surface area (Å²) < 4.78 is 0. The Hall–Kier alpha value is -0.721. The van der Waals surface area contributed by atoms with Crippen molar-refractivity contribution in [2.24, 2.45) is 0 Å². The van der Waals surface area contributed by atoms with Crippen molar-refractivity contribution in [3.63, 3.8) is 0 Å². The number of allylic oxidation sites excluding steroid dienone is 1. The molecule has 0 aromatic heterocycles. The fraction of sp³-hybridized carbons (Fsp3) is 0.529. The molecular formula is C17H34B8O. The molecule has 0 fully saturated rings. The number of phenolic OH excluding ortho intramolecular Hbond substituents is 1. The van der Waals surface area contributed by atoms with Gasteiger partial charge in [0, 0.05) is 0 Å². The minimum Gasteiger partial charge on any atom is -0.508 e. The predicted octanol–water partition coefficient (Wildman–Crippen LogP) is -3.25. The Morgan fingerprint density at radius 1 is 0.846 bits per heavy atom. The van der Waals surface area contributed by atoms with Crippen LogP contribution >= 0.6 is 0 Å². The zero-order chi connectivity index (χ0) is 20.9. The molecule has 0 aliphatic carbocycles. The number of phenols is 1. The van der Waals surface area contributed by atoms with E-state index in [9.17, 15) is 5.11 Å². The molecule has 0 aliphatic heterocycles. The highest BCUT2D eigenvalue weighted by molar-refractivity contribution is 6.67. The third-order valence-electron chi connectivity index (χ3n) is 6.28. The van der Waals surface area contributed by atoms with Crippen molar-refractivity contribution >= 4 is 62.8 Å². The summed E-state index contributed by atoms with van der Waals surface area (Å²) in [6, 6.07) is 4.23. The Morgan fingerprint density at radius 3 is 1.58 bits per heavy atom. The van der Waals surface area contributed by atoms with Gasteiger partial charge in [-0.2, -0.15) is 0 Å². The lowest BCUT2D eigenvalue weighted by Gasteiger charge is -2.64. The molecule has 26 heavy (non-hydrogen) atoms. The van der Waals surface area contributed by atoms with Gasteiger partial charge < -0.3 is 5.11 Å². The van der Waals surface area contributed by atoms with Crippen LogP contribution in [0, 0.1) is 6.92 Å². The van der Waals surface area contributed by atoms with E-state index in [1.165, 1.54) is 5.56 Å². The molecule has 0 aliphatic rings. The number of benzene rings is 1. The van der Waals surface area contributed by atoms with Crippen molar-refractivity contribution in [2.75, 3.05) is 0 Å². The van der Waals surface area contributed by atoms with Crippen molar-refractivity contribution in [3.05, 3.63) is 41.5 Å². The maximum Gasteiger partial charge on any atom is 0.119 e. The molecule has 1 aromatic carbocycles. The van der Waals surface area contributed by atoms with Crippen molar-refractivity contribution in [1.82, 2.24) is 0 Å². The van der Waals surface area contributed by atoms with Crippen molar-refractivity contribution in [1.29, 1.82) is 0 Å². The summed E-state index contributed by atoms with van der Waals surface area (Å²) in [6.45, 7) is 13.0. The number of aryl methyl sites for hydroxylation is 1. The zero-order valence-electron chi connectivity index (χ0n) is 19.4. The quantitative estimate of drug-likeness (QED) is 0.441. The fourth-order valence-corrected chi connectivity index (χ4v) is 6.17. The summed E-state index contributed by atoms with van der Waals surface area (Å²) in [5.41, 5.74) is 3.19. The van der Waals surface area contributed by atoms with Crippen LogP contribution in [0.15, 0.2) is 24.8 Å². The first-order valence-corrected chi connectivity index (χ1v) is 9.83. The van der Waals surface area contributed by atoms with Gasteiger partial charge >= 0.3 is 0 Å². The maximum atomic E-state index is 11.2.